The lowest BCUT2D eigenvalue weighted by atomic mass is 9.94. The van der Waals surface area contributed by atoms with Gasteiger partial charge in [-0.15, -0.1) is 0 Å². The van der Waals surface area contributed by atoms with Gasteiger partial charge in [0.25, 0.3) is 0 Å². The second kappa shape index (κ2) is 7.62. The van der Waals surface area contributed by atoms with Crippen LogP contribution in [-0.4, -0.2) is 30.1 Å². The summed E-state index contributed by atoms with van der Waals surface area (Å²) in [4.78, 5) is 2.62. The predicted molar refractivity (Wildman–Crippen MR) is 91.7 cm³/mol. The molecule has 0 spiro atoms. The van der Waals surface area contributed by atoms with Gasteiger partial charge in [0.2, 0.25) is 0 Å². The van der Waals surface area contributed by atoms with Crippen LogP contribution in [0.5, 0.6) is 0 Å². The quantitative estimate of drug-likeness (QED) is 0.877. The molecule has 0 aliphatic carbocycles. The zero-order valence-corrected chi connectivity index (χ0v) is 14.5. The molecule has 1 heterocycles. The molecule has 0 saturated carbocycles. The van der Waals surface area contributed by atoms with E-state index >= 15 is 0 Å². The monoisotopic (exact) mass is 308 g/mol. The van der Waals surface area contributed by atoms with Gasteiger partial charge >= 0.3 is 0 Å². The summed E-state index contributed by atoms with van der Waals surface area (Å²) >= 11 is 6.35. The molecule has 2 unspecified atom stereocenters. The van der Waals surface area contributed by atoms with Crippen molar-refractivity contribution in [2.24, 2.45) is 11.8 Å². The van der Waals surface area contributed by atoms with E-state index in [-0.39, 0.29) is 0 Å². The average molecular weight is 309 g/mol. The summed E-state index contributed by atoms with van der Waals surface area (Å²) in [6, 6.07) is 9.42. The van der Waals surface area contributed by atoms with Crippen LogP contribution in [0.25, 0.3) is 0 Å². The smallest absolute Gasteiger partial charge is 0.0451 e. The first-order valence-corrected chi connectivity index (χ1v) is 8.56. The Balaban J connectivity index is 2.09. The first-order valence-electron chi connectivity index (χ1n) is 8.18. The fraction of sp³-hybridized carbons (Fsp3) is 0.667. The van der Waals surface area contributed by atoms with Gasteiger partial charge in [-0.2, -0.15) is 0 Å². The highest BCUT2D eigenvalue weighted by Gasteiger charge is 2.30. The molecule has 0 aromatic heterocycles. The molecule has 118 valence electrons. The molecular formula is C18H29ClN2. The maximum atomic E-state index is 6.35. The Bertz CT molecular complexity index is 445. The van der Waals surface area contributed by atoms with E-state index < -0.39 is 0 Å². The largest absolute Gasteiger partial charge is 0.311 e. The molecule has 0 amide bonds. The van der Waals surface area contributed by atoms with E-state index in [1.165, 1.54) is 12.0 Å². The standard InChI is InChI=1S/C18H29ClN2/c1-13(2)9-16-12-21(18(10-20-16)14(3)4)11-15-7-5-6-8-17(15)19/h5-8,13-14,16,18,20H,9-12H2,1-4H3. The van der Waals surface area contributed by atoms with Crippen LogP contribution in [0.2, 0.25) is 5.02 Å². The predicted octanol–water partition coefficient (Wildman–Crippen LogP) is 4.18. The van der Waals surface area contributed by atoms with Gasteiger partial charge in [0.15, 0.2) is 0 Å². The molecule has 0 bridgehead atoms. The van der Waals surface area contributed by atoms with Gasteiger partial charge < -0.3 is 5.32 Å². The second-order valence-electron chi connectivity index (χ2n) is 7.07. The summed E-state index contributed by atoms with van der Waals surface area (Å²) in [5.74, 6) is 1.39. The Morgan fingerprint density at radius 3 is 2.57 bits per heavy atom. The van der Waals surface area contributed by atoms with Crippen LogP contribution in [0.1, 0.15) is 39.7 Å². The first-order chi connectivity index (χ1) is 9.97. The molecule has 2 atom stereocenters. The van der Waals surface area contributed by atoms with Crippen LogP contribution < -0.4 is 5.32 Å². The Labute approximate surface area is 134 Å². The molecule has 1 N–H and O–H groups in total. The van der Waals surface area contributed by atoms with E-state index in [2.05, 4.69) is 50.0 Å². The van der Waals surface area contributed by atoms with Crippen molar-refractivity contribution in [2.75, 3.05) is 13.1 Å². The maximum absolute atomic E-state index is 6.35. The summed E-state index contributed by atoms with van der Waals surface area (Å²) in [6.07, 6.45) is 1.24. The number of nitrogens with zero attached hydrogens (tertiary/aromatic N) is 1. The van der Waals surface area contributed by atoms with E-state index in [1.807, 2.05) is 12.1 Å². The zero-order chi connectivity index (χ0) is 15.4. The SMILES string of the molecule is CC(C)CC1CN(Cc2ccccc2Cl)C(C(C)C)CN1. The van der Waals surface area contributed by atoms with Crippen LogP contribution in [0.15, 0.2) is 24.3 Å². The van der Waals surface area contributed by atoms with Crippen LogP contribution in [-0.2, 0) is 6.54 Å². The Hall–Kier alpha value is -0.570. The molecule has 3 heteroatoms. The maximum Gasteiger partial charge on any atom is 0.0451 e. The Morgan fingerprint density at radius 1 is 1.24 bits per heavy atom. The second-order valence-corrected chi connectivity index (χ2v) is 7.47. The number of rotatable bonds is 5. The van der Waals surface area contributed by atoms with Crippen molar-refractivity contribution >= 4 is 11.6 Å². The minimum Gasteiger partial charge on any atom is -0.311 e. The van der Waals surface area contributed by atoms with Crippen molar-refractivity contribution in [3.8, 4) is 0 Å². The number of halogens is 1. The van der Waals surface area contributed by atoms with E-state index in [9.17, 15) is 0 Å². The number of hydrogen-bond acceptors (Lipinski definition) is 2. The molecule has 0 radical (unpaired) electrons. The molecule has 1 aromatic carbocycles. The lowest BCUT2D eigenvalue weighted by Crippen LogP contribution is -2.58. The van der Waals surface area contributed by atoms with Gasteiger partial charge in [-0.1, -0.05) is 57.5 Å². The molecule has 1 aliphatic rings. The number of nitrogens with one attached hydrogen (secondary N) is 1. The lowest BCUT2D eigenvalue weighted by molar-refractivity contribution is 0.0852. The number of hydrogen-bond donors (Lipinski definition) is 1. The molecule has 2 nitrogen and oxygen atoms in total. The van der Waals surface area contributed by atoms with E-state index in [0.29, 0.717) is 18.0 Å². The fourth-order valence-corrected chi connectivity index (χ4v) is 3.51. The topological polar surface area (TPSA) is 15.3 Å². The van der Waals surface area contributed by atoms with Crippen molar-refractivity contribution in [1.82, 2.24) is 10.2 Å². The third kappa shape index (κ3) is 4.70. The summed E-state index contributed by atoms with van der Waals surface area (Å²) < 4.78 is 0. The Kier molecular flexibility index (Phi) is 6.09. The van der Waals surface area contributed by atoms with Crippen molar-refractivity contribution in [1.29, 1.82) is 0 Å². The highest BCUT2D eigenvalue weighted by Crippen LogP contribution is 2.23. The highest BCUT2D eigenvalue weighted by atomic mass is 35.5. The van der Waals surface area contributed by atoms with Crippen LogP contribution in [0.4, 0.5) is 0 Å². The molecule has 1 aromatic rings. The molecule has 21 heavy (non-hydrogen) atoms. The molecule has 1 saturated heterocycles. The first kappa shape index (κ1) is 16.8. The van der Waals surface area contributed by atoms with Crippen molar-refractivity contribution in [3.05, 3.63) is 34.9 Å². The van der Waals surface area contributed by atoms with Gasteiger partial charge in [-0.25, -0.2) is 0 Å². The van der Waals surface area contributed by atoms with Crippen molar-refractivity contribution in [2.45, 2.75) is 52.7 Å². The van der Waals surface area contributed by atoms with E-state index in [4.69, 9.17) is 11.6 Å². The normalized spacial score (nSPS) is 24.0. The van der Waals surface area contributed by atoms with Crippen LogP contribution in [0.3, 0.4) is 0 Å². The van der Waals surface area contributed by atoms with Crippen molar-refractivity contribution < 1.29 is 0 Å². The van der Waals surface area contributed by atoms with E-state index in [0.717, 1.165) is 30.6 Å². The minimum atomic E-state index is 0.588. The highest BCUT2D eigenvalue weighted by molar-refractivity contribution is 6.31. The molecular weight excluding hydrogens is 280 g/mol. The summed E-state index contributed by atoms with van der Waals surface area (Å²) in [7, 11) is 0. The van der Waals surface area contributed by atoms with Crippen LogP contribution in [0, 0.1) is 11.8 Å². The van der Waals surface area contributed by atoms with Gasteiger partial charge in [-0.3, -0.25) is 4.90 Å². The summed E-state index contributed by atoms with van der Waals surface area (Å²) in [6.45, 7) is 12.4. The average Bonchev–Trinajstić information content (AvgIpc) is 2.40. The van der Waals surface area contributed by atoms with Crippen LogP contribution >= 0.6 is 11.6 Å². The van der Waals surface area contributed by atoms with Gasteiger partial charge in [-0.05, 0) is 29.9 Å². The summed E-state index contributed by atoms with van der Waals surface area (Å²) in [5, 5.41) is 4.63. The molecule has 1 aliphatic heterocycles. The fourth-order valence-electron chi connectivity index (χ4n) is 3.31. The van der Waals surface area contributed by atoms with Gasteiger partial charge in [0.1, 0.15) is 0 Å². The zero-order valence-electron chi connectivity index (χ0n) is 13.8. The number of benzene rings is 1. The van der Waals surface area contributed by atoms with Gasteiger partial charge in [0, 0.05) is 36.7 Å². The van der Waals surface area contributed by atoms with Crippen molar-refractivity contribution in [3.63, 3.8) is 0 Å². The summed E-state index contributed by atoms with van der Waals surface area (Å²) in [5.41, 5.74) is 1.25. The Morgan fingerprint density at radius 2 is 1.95 bits per heavy atom. The minimum absolute atomic E-state index is 0.588. The molecule has 2 rings (SSSR count). The lowest BCUT2D eigenvalue weighted by Gasteiger charge is -2.43. The third-order valence-corrected chi connectivity index (χ3v) is 4.77. The molecule has 1 fully saturated rings. The number of piperazine rings is 1. The third-order valence-electron chi connectivity index (χ3n) is 4.40. The van der Waals surface area contributed by atoms with Gasteiger partial charge in [0.05, 0.1) is 0 Å². The van der Waals surface area contributed by atoms with E-state index in [1.54, 1.807) is 0 Å².